The lowest BCUT2D eigenvalue weighted by Crippen LogP contribution is -2.28. The van der Waals surface area contributed by atoms with Crippen LogP contribution in [0, 0.1) is 5.92 Å². The Kier molecular flexibility index (Phi) is 8.67. The van der Waals surface area contributed by atoms with Crippen LogP contribution in [-0.4, -0.2) is 38.7 Å². The summed E-state index contributed by atoms with van der Waals surface area (Å²) in [6.07, 6.45) is 8.46. The van der Waals surface area contributed by atoms with E-state index in [9.17, 15) is 4.79 Å². The van der Waals surface area contributed by atoms with Crippen molar-refractivity contribution in [2.24, 2.45) is 5.92 Å². The maximum Gasteiger partial charge on any atom is 0.224 e. The first-order valence-corrected chi connectivity index (χ1v) is 7.63. The highest BCUT2D eigenvalue weighted by Gasteiger charge is 2.15. The number of rotatable bonds is 5. The number of carbonyl (C=O) groups is 1. The number of hydrogen-bond donors (Lipinski definition) is 2. The quantitative estimate of drug-likeness (QED) is 0.840. The number of halogens is 2. The molecule has 24 heavy (non-hydrogen) atoms. The van der Waals surface area contributed by atoms with Crippen molar-refractivity contribution in [1.82, 2.24) is 25.1 Å². The van der Waals surface area contributed by atoms with E-state index < -0.39 is 0 Å². The minimum Gasteiger partial charge on any atom is -0.323 e. The van der Waals surface area contributed by atoms with Crippen LogP contribution in [0.25, 0.3) is 5.82 Å². The Morgan fingerprint density at radius 2 is 2.12 bits per heavy atom. The Balaban J connectivity index is 0.00000144. The zero-order valence-electron chi connectivity index (χ0n) is 13.2. The molecular weight excluding hydrogens is 351 g/mol. The highest BCUT2D eigenvalue weighted by atomic mass is 35.5. The lowest BCUT2D eigenvalue weighted by molar-refractivity contribution is -0.116. The Labute approximate surface area is 153 Å². The number of amides is 1. The number of piperidine rings is 1. The first kappa shape index (κ1) is 20.3. The predicted octanol–water partition coefficient (Wildman–Crippen LogP) is 2.22. The van der Waals surface area contributed by atoms with Gasteiger partial charge >= 0.3 is 0 Å². The van der Waals surface area contributed by atoms with Crippen LogP contribution in [0.5, 0.6) is 0 Å². The van der Waals surface area contributed by atoms with Crippen LogP contribution >= 0.6 is 24.8 Å². The zero-order chi connectivity index (χ0) is 15.2. The minimum atomic E-state index is 0. The molecule has 0 bridgehead atoms. The van der Waals surface area contributed by atoms with Crippen molar-refractivity contribution in [3.8, 4) is 5.82 Å². The minimum absolute atomic E-state index is 0. The van der Waals surface area contributed by atoms with E-state index in [4.69, 9.17) is 0 Å². The van der Waals surface area contributed by atoms with E-state index in [0.29, 0.717) is 23.8 Å². The molecule has 0 atom stereocenters. The molecule has 2 aromatic heterocycles. The molecule has 7 nitrogen and oxygen atoms in total. The van der Waals surface area contributed by atoms with E-state index in [2.05, 4.69) is 25.7 Å². The molecular formula is C15H22Cl2N6O. The summed E-state index contributed by atoms with van der Waals surface area (Å²) >= 11 is 0. The van der Waals surface area contributed by atoms with Gasteiger partial charge in [0.25, 0.3) is 0 Å². The molecule has 1 fully saturated rings. The number of carbonyl (C=O) groups excluding carboxylic acids is 1. The lowest BCUT2D eigenvalue weighted by atomic mass is 9.93. The third kappa shape index (κ3) is 5.43. The van der Waals surface area contributed by atoms with Crippen LogP contribution in [-0.2, 0) is 4.79 Å². The smallest absolute Gasteiger partial charge is 0.224 e. The average molecular weight is 373 g/mol. The molecule has 0 aliphatic carbocycles. The van der Waals surface area contributed by atoms with Gasteiger partial charge in [0.1, 0.15) is 12.7 Å². The molecule has 1 amide bonds. The number of nitrogens with one attached hydrogen (secondary N) is 2. The van der Waals surface area contributed by atoms with Gasteiger partial charge in [-0.05, 0) is 50.4 Å². The third-order valence-corrected chi connectivity index (χ3v) is 3.93. The van der Waals surface area contributed by atoms with Gasteiger partial charge in [0, 0.05) is 12.6 Å². The summed E-state index contributed by atoms with van der Waals surface area (Å²) in [4.78, 5) is 20.3. The molecule has 0 saturated carbocycles. The number of hydrogen-bond acceptors (Lipinski definition) is 5. The van der Waals surface area contributed by atoms with Crippen molar-refractivity contribution >= 4 is 36.4 Å². The van der Waals surface area contributed by atoms with Gasteiger partial charge < -0.3 is 10.6 Å². The first-order valence-electron chi connectivity index (χ1n) is 7.63. The predicted molar refractivity (Wildman–Crippen MR) is 97.1 cm³/mol. The fourth-order valence-electron chi connectivity index (χ4n) is 2.71. The molecule has 3 rings (SSSR count). The Morgan fingerprint density at radius 1 is 1.33 bits per heavy atom. The van der Waals surface area contributed by atoms with Gasteiger partial charge in [-0.2, -0.15) is 5.10 Å². The van der Waals surface area contributed by atoms with Crippen LogP contribution in [0.3, 0.4) is 0 Å². The normalized spacial score (nSPS) is 14.3. The van der Waals surface area contributed by atoms with Gasteiger partial charge in [-0.25, -0.2) is 14.6 Å². The molecule has 0 unspecified atom stereocenters. The largest absolute Gasteiger partial charge is 0.323 e. The molecule has 1 aliphatic heterocycles. The van der Waals surface area contributed by atoms with Crippen LogP contribution < -0.4 is 10.6 Å². The van der Waals surface area contributed by atoms with Crippen molar-refractivity contribution in [2.75, 3.05) is 18.4 Å². The molecule has 0 spiro atoms. The Morgan fingerprint density at radius 3 is 2.83 bits per heavy atom. The Bertz CT molecular complexity index is 616. The summed E-state index contributed by atoms with van der Waals surface area (Å²) in [5, 5.41) is 10.3. The van der Waals surface area contributed by atoms with Crippen molar-refractivity contribution in [2.45, 2.75) is 25.7 Å². The monoisotopic (exact) mass is 372 g/mol. The maximum absolute atomic E-state index is 12.2. The standard InChI is InChI=1S/C15H20N6O.2ClH/c22-14(4-3-12-5-8-16-9-6-12)20-13-2-1-7-18-15(13)21-11-17-10-19-21;;/h1-2,7,10-12,16H,3-6,8-9H2,(H,20,22);2*1H. The van der Waals surface area contributed by atoms with E-state index in [-0.39, 0.29) is 30.7 Å². The van der Waals surface area contributed by atoms with Crippen molar-refractivity contribution < 1.29 is 4.79 Å². The fourth-order valence-corrected chi connectivity index (χ4v) is 2.71. The fraction of sp³-hybridized carbons (Fsp3) is 0.467. The van der Waals surface area contributed by atoms with Crippen LogP contribution in [0.4, 0.5) is 5.69 Å². The second kappa shape index (κ2) is 10.2. The summed E-state index contributed by atoms with van der Waals surface area (Å²) < 4.78 is 1.54. The number of pyridine rings is 1. The van der Waals surface area contributed by atoms with E-state index >= 15 is 0 Å². The second-order valence-corrected chi connectivity index (χ2v) is 5.49. The average Bonchev–Trinajstić information content (AvgIpc) is 3.09. The van der Waals surface area contributed by atoms with E-state index in [1.54, 1.807) is 23.3 Å². The van der Waals surface area contributed by atoms with Crippen molar-refractivity contribution in [1.29, 1.82) is 0 Å². The van der Waals surface area contributed by atoms with Crippen LogP contribution in [0.1, 0.15) is 25.7 Å². The molecule has 2 aromatic rings. The van der Waals surface area contributed by atoms with E-state index in [1.165, 1.54) is 6.33 Å². The first-order chi connectivity index (χ1) is 10.8. The molecule has 0 radical (unpaired) electrons. The number of anilines is 1. The van der Waals surface area contributed by atoms with Crippen molar-refractivity contribution in [3.05, 3.63) is 31.0 Å². The van der Waals surface area contributed by atoms with E-state index in [0.717, 1.165) is 32.4 Å². The molecule has 1 aliphatic rings. The van der Waals surface area contributed by atoms with Gasteiger partial charge in [-0.3, -0.25) is 4.79 Å². The Hall–Kier alpha value is -1.70. The summed E-state index contributed by atoms with van der Waals surface area (Å²) in [6.45, 7) is 2.12. The molecule has 132 valence electrons. The molecule has 1 saturated heterocycles. The van der Waals surface area contributed by atoms with Gasteiger partial charge in [0.15, 0.2) is 5.82 Å². The molecule has 0 aromatic carbocycles. The summed E-state index contributed by atoms with van der Waals surface area (Å²) in [5.41, 5.74) is 0.656. The highest BCUT2D eigenvalue weighted by molar-refractivity contribution is 5.92. The highest BCUT2D eigenvalue weighted by Crippen LogP contribution is 2.20. The second-order valence-electron chi connectivity index (χ2n) is 5.49. The zero-order valence-corrected chi connectivity index (χ0v) is 14.9. The van der Waals surface area contributed by atoms with E-state index in [1.807, 2.05) is 6.07 Å². The molecule has 3 heterocycles. The topological polar surface area (TPSA) is 84.7 Å². The van der Waals surface area contributed by atoms with Gasteiger partial charge in [0.05, 0.1) is 5.69 Å². The molecule has 2 N–H and O–H groups in total. The van der Waals surface area contributed by atoms with Gasteiger partial charge in [-0.15, -0.1) is 24.8 Å². The maximum atomic E-state index is 12.2. The van der Waals surface area contributed by atoms with Gasteiger partial charge in [-0.1, -0.05) is 0 Å². The third-order valence-electron chi connectivity index (χ3n) is 3.93. The van der Waals surface area contributed by atoms with Gasteiger partial charge in [0.2, 0.25) is 5.91 Å². The summed E-state index contributed by atoms with van der Waals surface area (Å²) in [7, 11) is 0. The summed E-state index contributed by atoms with van der Waals surface area (Å²) in [5.74, 6) is 1.25. The number of aromatic nitrogens is 4. The molecule has 9 heteroatoms. The SMILES string of the molecule is Cl.Cl.O=C(CCC1CCNCC1)Nc1cccnc1-n1cncn1. The number of nitrogens with zero attached hydrogens (tertiary/aromatic N) is 4. The summed E-state index contributed by atoms with van der Waals surface area (Å²) in [6, 6.07) is 3.62. The van der Waals surface area contributed by atoms with Crippen LogP contribution in [0.2, 0.25) is 0 Å². The van der Waals surface area contributed by atoms with Crippen molar-refractivity contribution in [3.63, 3.8) is 0 Å². The lowest BCUT2D eigenvalue weighted by Gasteiger charge is -2.22. The van der Waals surface area contributed by atoms with Crippen LogP contribution in [0.15, 0.2) is 31.0 Å².